The van der Waals surface area contributed by atoms with Crippen LogP contribution in [0.3, 0.4) is 0 Å². The molecule has 0 radical (unpaired) electrons. The molecule has 1 saturated heterocycles. The number of rotatable bonds is 12. The number of urea groups is 1. The number of carbonyl (C=O) groups is 1. The zero-order valence-electron chi connectivity index (χ0n) is 28.8. The lowest BCUT2D eigenvalue weighted by molar-refractivity contribution is -0.268. The number of hydrogen-bond donors (Lipinski definition) is 4. The van der Waals surface area contributed by atoms with E-state index in [1.165, 1.54) is 11.8 Å². The van der Waals surface area contributed by atoms with E-state index in [-0.39, 0.29) is 36.5 Å². The maximum atomic E-state index is 12.7. The van der Waals surface area contributed by atoms with Gasteiger partial charge in [0, 0.05) is 29.5 Å². The molecule has 1 aromatic heterocycles. The number of thioether (sulfide) groups is 1. The summed E-state index contributed by atoms with van der Waals surface area (Å²) in [6.07, 6.45) is -1.19. The number of aromatic hydroxyl groups is 1. The summed E-state index contributed by atoms with van der Waals surface area (Å²) < 4.78 is 20.7. The van der Waals surface area contributed by atoms with Crippen molar-refractivity contribution in [2.75, 3.05) is 11.1 Å². The van der Waals surface area contributed by atoms with Gasteiger partial charge in [0.05, 0.1) is 24.5 Å². The number of tetrazole rings is 1. The van der Waals surface area contributed by atoms with Crippen LogP contribution in [0.15, 0.2) is 133 Å². The van der Waals surface area contributed by atoms with E-state index in [4.69, 9.17) is 14.2 Å². The van der Waals surface area contributed by atoms with E-state index >= 15 is 0 Å². The summed E-state index contributed by atoms with van der Waals surface area (Å²) in [6.45, 7) is 2.38. The van der Waals surface area contributed by atoms with Crippen molar-refractivity contribution in [3.63, 3.8) is 0 Å². The van der Waals surface area contributed by atoms with Crippen molar-refractivity contribution < 1.29 is 29.2 Å². The van der Waals surface area contributed by atoms with Crippen molar-refractivity contribution in [1.82, 2.24) is 25.5 Å². The topological polar surface area (TPSA) is 153 Å². The number of ether oxygens (including phenoxy) is 3. The maximum Gasteiger partial charge on any atom is 0.319 e. The van der Waals surface area contributed by atoms with E-state index in [1.54, 1.807) is 53.2 Å². The van der Waals surface area contributed by atoms with Gasteiger partial charge in [-0.2, -0.15) is 4.68 Å². The molecule has 270 valence electrons. The first-order valence-corrected chi connectivity index (χ1v) is 18.1. The van der Waals surface area contributed by atoms with Crippen molar-refractivity contribution in [3.05, 3.63) is 150 Å². The Morgan fingerprint density at radius 2 is 1.51 bits per heavy atom. The van der Waals surface area contributed by atoms with Crippen LogP contribution in [0.1, 0.15) is 41.6 Å². The number of aliphatic hydroxyl groups is 1. The van der Waals surface area contributed by atoms with Crippen LogP contribution in [0, 0.1) is 5.92 Å². The molecule has 1 fully saturated rings. The van der Waals surface area contributed by atoms with Crippen LogP contribution in [-0.2, 0) is 22.6 Å². The van der Waals surface area contributed by atoms with Gasteiger partial charge >= 0.3 is 6.03 Å². The Kier molecular flexibility index (Phi) is 11.3. The lowest BCUT2D eigenvalue weighted by atomic mass is 9.91. The number of amides is 2. The van der Waals surface area contributed by atoms with E-state index in [0.29, 0.717) is 28.9 Å². The maximum absolute atomic E-state index is 12.7. The molecule has 0 spiro atoms. The molecule has 7 rings (SSSR count). The second-order valence-electron chi connectivity index (χ2n) is 12.5. The standard InChI is InChI=1S/C40H38N6O6S/c1-26-36(25-53-40-43-44-45-46(40)32-17-19-33(48)20-18-32)51-38(52-37(26)29-11-9-28(24-47)10-12-29)30-13-7-27(8-14-30)23-41-39(49)42-31-15-21-35(22-16-31)50-34-5-3-2-4-6-34/h2-22,26,36-38,47-48H,23-25H2,1H3,(H2,41,42,49)/t26-,36+,37+,38+/m1/s1. The summed E-state index contributed by atoms with van der Waals surface area (Å²) >= 11 is 1.47. The molecule has 6 aromatic rings. The summed E-state index contributed by atoms with van der Waals surface area (Å²) in [6, 6.07) is 38.6. The number of para-hydroxylation sites is 1. The van der Waals surface area contributed by atoms with Crippen LogP contribution in [0.25, 0.3) is 5.69 Å². The van der Waals surface area contributed by atoms with Gasteiger partial charge in [-0.05, 0) is 87.8 Å². The Bertz CT molecular complexity index is 2080. The third-order valence-electron chi connectivity index (χ3n) is 8.83. The number of nitrogens with one attached hydrogen (secondary N) is 2. The quantitative estimate of drug-likeness (QED) is 0.0929. The Labute approximate surface area is 310 Å². The summed E-state index contributed by atoms with van der Waals surface area (Å²) in [5.74, 6) is 2.08. The van der Waals surface area contributed by atoms with Crippen LogP contribution < -0.4 is 15.4 Å². The van der Waals surface area contributed by atoms with Crippen molar-refractivity contribution in [2.24, 2.45) is 5.92 Å². The van der Waals surface area contributed by atoms with E-state index in [9.17, 15) is 15.0 Å². The van der Waals surface area contributed by atoms with Crippen LogP contribution in [-0.4, -0.2) is 48.3 Å². The predicted molar refractivity (Wildman–Crippen MR) is 200 cm³/mol. The van der Waals surface area contributed by atoms with E-state index in [1.807, 2.05) is 78.9 Å². The van der Waals surface area contributed by atoms with Crippen LogP contribution in [0.2, 0.25) is 0 Å². The van der Waals surface area contributed by atoms with Gasteiger partial charge < -0.3 is 35.1 Å². The fourth-order valence-electron chi connectivity index (χ4n) is 5.87. The molecule has 4 atom stereocenters. The number of anilines is 1. The molecule has 0 bridgehead atoms. The zero-order valence-corrected chi connectivity index (χ0v) is 29.6. The van der Waals surface area contributed by atoms with Gasteiger partial charge in [0.2, 0.25) is 5.16 Å². The summed E-state index contributed by atoms with van der Waals surface area (Å²) in [4.78, 5) is 12.7. The number of nitrogens with zero attached hydrogens (tertiary/aromatic N) is 4. The molecule has 2 heterocycles. The molecule has 12 nitrogen and oxygen atoms in total. The highest BCUT2D eigenvalue weighted by Crippen LogP contribution is 2.43. The first-order chi connectivity index (χ1) is 25.9. The number of phenols is 1. The SMILES string of the molecule is C[C@@H]1[C@H](CSc2nnnn2-c2ccc(O)cc2)O[C@H](c2ccc(CNC(=O)Nc3ccc(Oc4ccccc4)cc3)cc2)O[C@@H]1c1ccc(CO)cc1. The molecule has 13 heteroatoms. The molecule has 0 aliphatic carbocycles. The largest absolute Gasteiger partial charge is 0.508 e. The van der Waals surface area contributed by atoms with Crippen molar-refractivity contribution in [2.45, 2.75) is 43.7 Å². The van der Waals surface area contributed by atoms with E-state index in [0.717, 1.165) is 33.7 Å². The molecule has 1 aliphatic rings. The van der Waals surface area contributed by atoms with E-state index in [2.05, 4.69) is 33.1 Å². The van der Waals surface area contributed by atoms with Crippen LogP contribution in [0.5, 0.6) is 17.2 Å². The monoisotopic (exact) mass is 730 g/mol. The smallest absolute Gasteiger partial charge is 0.319 e. The fourth-order valence-corrected chi connectivity index (χ4v) is 6.93. The first-order valence-electron chi connectivity index (χ1n) is 17.1. The molecule has 2 amide bonds. The predicted octanol–water partition coefficient (Wildman–Crippen LogP) is 7.56. The average Bonchev–Trinajstić information content (AvgIpc) is 3.67. The minimum absolute atomic E-state index is 0.0358. The van der Waals surface area contributed by atoms with E-state index < -0.39 is 6.29 Å². The van der Waals surface area contributed by atoms with Crippen LogP contribution in [0.4, 0.5) is 10.5 Å². The lowest BCUT2D eigenvalue weighted by Gasteiger charge is -2.41. The molecule has 0 unspecified atom stereocenters. The van der Waals surface area contributed by atoms with Gasteiger partial charge in [-0.3, -0.25) is 0 Å². The van der Waals surface area contributed by atoms with Gasteiger partial charge in [-0.15, -0.1) is 5.10 Å². The third kappa shape index (κ3) is 9.02. The highest BCUT2D eigenvalue weighted by molar-refractivity contribution is 7.99. The molecule has 53 heavy (non-hydrogen) atoms. The minimum Gasteiger partial charge on any atom is -0.508 e. The second-order valence-corrected chi connectivity index (χ2v) is 13.5. The second kappa shape index (κ2) is 16.7. The molecule has 1 aliphatic heterocycles. The Morgan fingerprint density at radius 3 is 2.23 bits per heavy atom. The van der Waals surface area contributed by atoms with Gasteiger partial charge in [0.1, 0.15) is 17.2 Å². The fraction of sp³-hybridized carbons (Fsp3) is 0.200. The number of phenolic OH excluding ortho intramolecular Hbond substituents is 1. The summed E-state index contributed by atoms with van der Waals surface area (Å²) in [7, 11) is 0. The van der Waals surface area contributed by atoms with Gasteiger partial charge in [0.25, 0.3) is 0 Å². The molecule has 0 saturated carbocycles. The lowest BCUT2D eigenvalue weighted by Crippen LogP contribution is -2.38. The number of aromatic nitrogens is 4. The summed E-state index contributed by atoms with van der Waals surface area (Å²) in [5.41, 5.74) is 4.92. The number of carbonyl (C=O) groups excluding carboxylic acids is 1. The molecular formula is C40H38N6O6S. The Hall–Kier alpha value is -5.73. The normalized spacial score (nSPS) is 18.3. The zero-order chi connectivity index (χ0) is 36.6. The number of aliphatic hydroxyl groups excluding tert-OH is 1. The Balaban J connectivity index is 0.992. The van der Waals surface area contributed by atoms with Gasteiger partial charge in [0.15, 0.2) is 6.29 Å². The van der Waals surface area contributed by atoms with Crippen molar-refractivity contribution in [3.8, 4) is 22.9 Å². The average molecular weight is 731 g/mol. The van der Waals surface area contributed by atoms with Gasteiger partial charge in [-0.25, -0.2) is 4.79 Å². The molecule has 5 aromatic carbocycles. The number of benzene rings is 5. The van der Waals surface area contributed by atoms with Crippen molar-refractivity contribution in [1.29, 1.82) is 0 Å². The third-order valence-corrected chi connectivity index (χ3v) is 9.84. The number of hydrogen-bond acceptors (Lipinski definition) is 10. The first kappa shape index (κ1) is 35.7. The Morgan fingerprint density at radius 1 is 0.830 bits per heavy atom. The molecular weight excluding hydrogens is 693 g/mol. The highest BCUT2D eigenvalue weighted by atomic mass is 32.2. The van der Waals surface area contributed by atoms with Crippen LogP contribution >= 0.6 is 11.8 Å². The minimum atomic E-state index is -0.661. The van der Waals surface area contributed by atoms with Gasteiger partial charge in [-0.1, -0.05) is 85.4 Å². The summed E-state index contributed by atoms with van der Waals surface area (Å²) in [5, 5.41) is 37.9. The molecule has 4 N–H and O–H groups in total. The highest BCUT2D eigenvalue weighted by Gasteiger charge is 2.38. The van der Waals surface area contributed by atoms with Crippen molar-refractivity contribution >= 4 is 23.5 Å².